The molecule has 1 aromatic heterocycles. The summed E-state index contributed by atoms with van der Waals surface area (Å²) in [6, 6.07) is 21.5. The van der Waals surface area contributed by atoms with Crippen LogP contribution in [0.1, 0.15) is 12.8 Å². The number of phenols is 2. The Morgan fingerprint density at radius 3 is 2.26 bits per heavy atom. The molecule has 1 aliphatic heterocycles. The Bertz CT molecular complexity index is 1310. The highest BCUT2D eigenvalue weighted by atomic mass is 16.3. The van der Waals surface area contributed by atoms with E-state index in [1.807, 2.05) is 48.5 Å². The van der Waals surface area contributed by atoms with E-state index in [1.165, 1.54) is 0 Å². The van der Waals surface area contributed by atoms with E-state index in [9.17, 15) is 15.0 Å². The summed E-state index contributed by atoms with van der Waals surface area (Å²) in [5.41, 5.74) is 3.97. The van der Waals surface area contributed by atoms with E-state index in [-0.39, 0.29) is 17.4 Å². The Labute approximate surface area is 197 Å². The summed E-state index contributed by atoms with van der Waals surface area (Å²) in [6.45, 7) is 2.39. The molecule has 34 heavy (non-hydrogen) atoms. The van der Waals surface area contributed by atoms with E-state index >= 15 is 0 Å². The maximum atomic E-state index is 12.3. The average Bonchev–Trinajstić information content (AvgIpc) is 3.33. The van der Waals surface area contributed by atoms with Crippen molar-refractivity contribution >= 4 is 34.0 Å². The van der Waals surface area contributed by atoms with Gasteiger partial charge in [-0.3, -0.25) is 9.69 Å². The monoisotopic (exact) mass is 454 g/mol. The number of aromatic hydroxyl groups is 2. The van der Waals surface area contributed by atoms with Crippen molar-refractivity contribution in [2.24, 2.45) is 0 Å². The molecule has 4 aromatic rings. The minimum absolute atomic E-state index is 0.00627. The summed E-state index contributed by atoms with van der Waals surface area (Å²) in [7, 11) is 0. The fourth-order valence-electron chi connectivity index (χ4n) is 4.23. The number of nitrogens with zero attached hydrogens (tertiary/aromatic N) is 2. The van der Waals surface area contributed by atoms with Gasteiger partial charge in [0.2, 0.25) is 5.91 Å². The van der Waals surface area contributed by atoms with E-state index < -0.39 is 0 Å². The number of likely N-dealkylation sites (tertiary alicyclic amines) is 1. The Morgan fingerprint density at radius 2 is 1.53 bits per heavy atom. The number of amides is 1. The maximum absolute atomic E-state index is 12.3. The largest absolute Gasteiger partial charge is 0.508 e. The molecule has 1 aliphatic rings. The van der Waals surface area contributed by atoms with Crippen LogP contribution in [0.25, 0.3) is 22.0 Å². The van der Waals surface area contributed by atoms with E-state index in [4.69, 9.17) is 4.98 Å². The standard InChI is InChI=1S/C27H26N4O3/c32-22-10-3-18(4-11-22)24-15-19-5-12-23(33)16-25(19)30-27(24)29-21-8-6-20(7-9-21)28-26(34)17-31-13-1-2-14-31/h3-12,15-16,32-33H,1-2,13-14,17H2,(H,28,34)(H,29,30). The zero-order valence-corrected chi connectivity index (χ0v) is 18.7. The lowest BCUT2D eigenvalue weighted by atomic mass is 10.0. The molecule has 4 N–H and O–H groups in total. The molecule has 5 rings (SSSR count). The van der Waals surface area contributed by atoms with Gasteiger partial charge >= 0.3 is 0 Å². The summed E-state index contributed by atoms with van der Waals surface area (Å²) in [4.78, 5) is 19.2. The fourth-order valence-corrected chi connectivity index (χ4v) is 4.23. The van der Waals surface area contributed by atoms with Gasteiger partial charge in [0.1, 0.15) is 17.3 Å². The molecule has 1 fully saturated rings. The molecule has 7 nitrogen and oxygen atoms in total. The molecule has 0 atom stereocenters. The second kappa shape index (κ2) is 9.41. The van der Waals surface area contributed by atoms with Gasteiger partial charge in [-0.05, 0) is 86.1 Å². The number of aromatic nitrogens is 1. The van der Waals surface area contributed by atoms with Gasteiger partial charge in [-0.15, -0.1) is 0 Å². The molecule has 172 valence electrons. The summed E-state index contributed by atoms with van der Waals surface area (Å²) in [5.74, 6) is 0.958. The summed E-state index contributed by atoms with van der Waals surface area (Å²) < 4.78 is 0. The third-order valence-corrected chi connectivity index (χ3v) is 5.98. The van der Waals surface area contributed by atoms with Crippen LogP contribution in [0.2, 0.25) is 0 Å². The lowest BCUT2D eigenvalue weighted by Crippen LogP contribution is -2.30. The van der Waals surface area contributed by atoms with Crippen LogP contribution in [0.5, 0.6) is 11.5 Å². The van der Waals surface area contributed by atoms with Crippen LogP contribution in [0, 0.1) is 0 Å². The van der Waals surface area contributed by atoms with Crippen molar-refractivity contribution in [3.05, 3.63) is 72.8 Å². The number of carbonyl (C=O) groups is 1. The molecule has 0 saturated carbocycles. The first-order valence-corrected chi connectivity index (χ1v) is 11.4. The minimum Gasteiger partial charge on any atom is -0.508 e. The minimum atomic E-state index is -0.00627. The number of hydrogen-bond donors (Lipinski definition) is 4. The number of benzene rings is 3. The smallest absolute Gasteiger partial charge is 0.238 e. The van der Waals surface area contributed by atoms with Crippen molar-refractivity contribution in [3.8, 4) is 22.6 Å². The molecule has 3 aromatic carbocycles. The number of rotatable bonds is 6. The molecular formula is C27H26N4O3. The van der Waals surface area contributed by atoms with Crippen LogP contribution < -0.4 is 10.6 Å². The normalized spacial score (nSPS) is 13.8. The first kappa shape index (κ1) is 21.7. The summed E-state index contributed by atoms with van der Waals surface area (Å²) in [5, 5.41) is 26.8. The topological polar surface area (TPSA) is 97.7 Å². The second-order valence-electron chi connectivity index (χ2n) is 8.54. The number of phenolic OH excluding ortho intramolecular Hbond substituents is 2. The zero-order chi connectivity index (χ0) is 23.5. The van der Waals surface area contributed by atoms with Gasteiger partial charge in [0.25, 0.3) is 0 Å². The molecule has 0 bridgehead atoms. The molecule has 0 aliphatic carbocycles. The molecule has 0 unspecified atom stereocenters. The van der Waals surface area contributed by atoms with Crippen molar-refractivity contribution < 1.29 is 15.0 Å². The summed E-state index contributed by atoms with van der Waals surface area (Å²) >= 11 is 0. The number of fused-ring (bicyclic) bond motifs is 1. The van der Waals surface area contributed by atoms with Gasteiger partial charge in [-0.2, -0.15) is 0 Å². The Morgan fingerprint density at radius 1 is 0.853 bits per heavy atom. The highest BCUT2D eigenvalue weighted by Gasteiger charge is 2.15. The lowest BCUT2D eigenvalue weighted by Gasteiger charge is -2.15. The van der Waals surface area contributed by atoms with Crippen LogP contribution in [0.15, 0.2) is 72.8 Å². The van der Waals surface area contributed by atoms with Crippen molar-refractivity contribution in [2.45, 2.75) is 12.8 Å². The first-order chi connectivity index (χ1) is 16.5. The van der Waals surface area contributed by atoms with Gasteiger partial charge in [-0.1, -0.05) is 12.1 Å². The van der Waals surface area contributed by atoms with Gasteiger partial charge in [0, 0.05) is 28.4 Å². The molecule has 1 saturated heterocycles. The average molecular weight is 455 g/mol. The highest BCUT2D eigenvalue weighted by molar-refractivity contribution is 5.93. The molecule has 7 heteroatoms. The van der Waals surface area contributed by atoms with Crippen LogP contribution in [-0.4, -0.2) is 45.6 Å². The summed E-state index contributed by atoms with van der Waals surface area (Å²) in [6.07, 6.45) is 2.31. The molecule has 1 amide bonds. The highest BCUT2D eigenvalue weighted by Crippen LogP contribution is 2.34. The quantitative estimate of drug-likeness (QED) is 0.324. The lowest BCUT2D eigenvalue weighted by molar-refractivity contribution is -0.117. The van der Waals surface area contributed by atoms with Crippen LogP contribution in [0.4, 0.5) is 17.2 Å². The Kier molecular flexibility index (Phi) is 6.01. The number of pyridine rings is 1. The molecule has 2 heterocycles. The van der Waals surface area contributed by atoms with Crippen molar-refractivity contribution in [1.29, 1.82) is 0 Å². The van der Waals surface area contributed by atoms with E-state index in [0.717, 1.165) is 53.8 Å². The van der Waals surface area contributed by atoms with Gasteiger partial charge < -0.3 is 20.8 Å². The predicted octanol–water partition coefficient (Wildman–Crippen LogP) is 5.09. The van der Waals surface area contributed by atoms with Crippen molar-refractivity contribution in [2.75, 3.05) is 30.3 Å². The fraction of sp³-hybridized carbons (Fsp3) is 0.185. The van der Waals surface area contributed by atoms with Gasteiger partial charge in [0.15, 0.2) is 0 Å². The number of carbonyl (C=O) groups excluding carboxylic acids is 1. The van der Waals surface area contributed by atoms with Crippen molar-refractivity contribution in [1.82, 2.24) is 9.88 Å². The molecule has 0 radical (unpaired) electrons. The first-order valence-electron chi connectivity index (χ1n) is 11.4. The third kappa shape index (κ3) is 4.94. The van der Waals surface area contributed by atoms with E-state index in [0.29, 0.717) is 17.9 Å². The maximum Gasteiger partial charge on any atom is 0.238 e. The second-order valence-corrected chi connectivity index (χ2v) is 8.54. The van der Waals surface area contributed by atoms with Gasteiger partial charge in [-0.25, -0.2) is 4.98 Å². The van der Waals surface area contributed by atoms with Crippen molar-refractivity contribution in [3.63, 3.8) is 0 Å². The SMILES string of the molecule is O=C(CN1CCCC1)Nc1ccc(Nc2nc3cc(O)ccc3cc2-c2ccc(O)cc2)cc1. The number of nitrogens with one attached hydrogen (secondary N) is 2. The van der Waals surface area contributed by atoms with E-state index in [1.54, 1.807) is 24.3 Å². The number of anilines is 3. The Hall–Kier alpha value is -4.10. The van der Waals surface area contributed by atoms with Crippen LogP contribution >= 0.6 is 0 Å². The number of hydrogen-bond acceptors (Lipinski definition) is 6. The molecular weight excluding hydrogens is 428 g/mol. The van der Waals surface area contributed by atoms with Crippen LogP contribution in [-0.2, 0) is 4.79 Å². The van der Waals surface area contributed by atoms with Crippen LogP contribution in [0.3, 0.4) is 0 Å². The van der Waals surface area contributed by atoms with Gasteiger partial charge in [0.05, 0.1) is 12.1 Å². The molecule has 0 spiro atoms. The third-order valence-electron chi connectivity index (χ3n) is 5.98. The predicted molar refractivity (Wildman–Crippen MR) is 135 cm³/mol. The Balaban J connectivity index is 1.39. The zero-order valence-electron chi connectivity index (χ0n) is 18.7. The van der Waals surface area contributed by atoms with E-state index in [2.05, 4.69) is 15.5 Å².